The molecule has 0 bridgehead atoms. The highest BCUT2D eigenvalue weighted by molar-refractivity contribution is 5.69. The summed E-state index contributed by atoms with van der Waals surface area (Å²) in [6.45, 7) is 4.01. The van der Waals surface area contributed by atoms with Crippen molar-refractivity contribution in [1.29, 1.82) is 0 Å². The van der Waals surface area contributed by atoms with E-state index in [4.69, 9.17) is 4.74 Å². The van der Waals surface area contributed by atoms with E-state index in [1.165, 1.54) is 6.07 Å². The molecule has 2 N–H and O–H groups in total. The van der Waals surface area contributed by atoms with Crippen LogP contribution >= 0.6 is 0 Å². The van der Waals surface area contributed by atoms with Crippen molar-refractivity contribution in [2.45, 2.75) is 32.4 Å². The molecular formula is C14H20FNO3. The molecule has 0 fully saturated rings. The second-order valence-electron chi connectivity index (χ2n) is 4.31. The van der Waals surface area contributed by atoms with Gasteiger partial charge in [-0.15, -0.1) is 0 Å². The SMILES string of the molecule is CCOC(=O)CC(O)CNC(C)c1ccccc1F. The molecule has 106 valence electrons. The smallest absolute Gasteiger partial charge is 0.308 e. The van der Waals surface area contributed by atoms with Gasteiger partial charge in [0.1, 0.15) is 5.82 Å². The van der Waals surface area contributed by atoms with Crippen LogP contribution in [0.15, 0.2) is 24.3 Å². The van der Waals surface area contributed by atoms with Crippen LogP contribution < -0.4 is 5.32 Å². The minimum atomic E-state index is -0.840. The van der Waals surface area contributed by atoms with Gasteiger partial charge >= 0.3 is 5.97 Å². The van der Waals surface area contributed by atoms with Gasteiger partial charge in [0.15, 0.2) is 0 Å². The number of hydrogen-bond donors (Lipinski definition) is 2. The van der Waals surface area contributed by atoms with E-state index >= 15 is 0 Å². The molecule has 0 spiro atoms. The molecule has 0 saturated heterocycles. The number of benzene rings is 1. The lowest BCUT2D eigenvalue weighted by Crippen LogP contribution is -2.31. The van der Waals surface area contributed by atoms with Gasteiger partial charge in [-0.25, -0.2) is 4.39 Å². The van der Waals surface area contributed by atoms with Crippen LogP contribution in [0.4, 0.5) is 4.39 Å². The summed E-state index contributed by atoms with van der Waals surface area (Å²) in [6, 6.07) is 6.22. The summed E-state index contributed by atoms with van der Waals surface area (Å²) in [6.07, 6.45) is -0.904. The molecule has 5 heteroatoms. The molecule has 1 rings (SSSR count). The zero-order chi connectivity index (χ0) is 14.3. The van der Waals surface area contributed by atoms with Crippen molar-refractivity contribution in [1.82, 2.24) is 5.32 Å². The summed E-state index contributed by atoms with van der Waals surface area (Å²) in [5.41, 5.74) is 0.533. The molecule has 1 aromatic rings. The van der Waals surface area contributed by atoms with E-state index in [1.54, 1.807) is 32.0 Å². The monoisotopic (exact) mass is 269 g/mol. The van der Waals surface area contributed by atoms with Crippen LogP contribution in [0.1, 0.15) is 31.9 Å². The Kier molecular flexibility index (Phi) is 6.45. The van der Waals surface area contributed by atoms with Crippen molar-refractivity contribution in [3.8, 4) is 0 Å². The number of aliphatic hydroxyl groups is 1. The van der Waals surface area contributed by atoms with E-state index in [2.05, 4.69) is 5.32 Å². The number of hydrogen-bond acceptors (Lipinski definition) is 4. The average molecular weight is 269 g/mol. The lowest BCUT2D eigenvalue weighted by atomic mass is 10.1. The van der Waals surface area contributed by atoms with Crippen molar-refractivity contribution < 1.29 is 19.0 Å². The van der Waals surface area contributed by atoms with E-state index in [-0.39, 0.29) is 24.8 Å². The number of nitrogens with one attached hydrogen (secondary N) is 1. The number of carbonyl (C=O) groups is 1. The molecule has 0 amide bonds. The number of carbonyl (C=O) groups excluding carboxylic acids is 1. The van der Waals surface area contributed by atoms with E-state index in [1.807, 2.05) is 0 Å². The van der Waals surface area contributed by atoms with Crippen LogP contribution in [0, 0.1) is 5.82 Å². The summed E-state index contributed by atoms with van der Waals surface area (Å²) < 4.78 is 18.2. The molecule has 4 nitrogen and oxygen atoms in total. The molecule has 0 aliphatic rings. The highest BCUT2D eigenvalue weighted by Gasteiger charge is 2.14. The maximum Gasteiger partial charge on any atom is 0.308 e. The summed E-state index contributed by atoms with van der Waals surface area (Å²) >= 11 is 0. The van der Waals surface area contributed by atoms with Crippen LogP contribution in [0.2, 0.25) is 0 Å². The van der Waals surface area contributed by atoms with Gasteiger partial charge in [0.05, 0.1) is 19.1 Å². The van der Waals surface area contributed by atoms with Gasteiger partial charge in [-0.05, 0) is 19.9 Å². The quantitative estimate of drug-likeness (QED) is 0.741. The third kappa shape index (κ3) is 5.36. The molecule has 0 saturated carbocycles. The lowest BCUT2D eigenvalue weighted by Gasteiger charge is -2.17. The Bertz CT molecular complexity index is 411. The highest BCUT2D eigenvalue weighted by atomic mass is 19.1. The van der Waals surface area contributed by atoms with Crippen LogP contribution in [0.3, 0.4) is 0 Å². The fourth-order valence-electron chi connectivity index (χ4n) is 1.73. The Morgan fingerprint density at radius 3 is 2.79 bits per heavy atom. The minimum absolute atomic E-state index is 0.0647. The van der Waals surface area contributed by atoms with E-state index in [0.29, 0.717) is 12.2 Å². The summed E-state index contributed by atoms with van der Waals surface area (Å²) in [5, 5.41) is 12.6. The number of aliphatic hydroxyl groups excluding tert-OH is 1. The van der Waals surface area contributed by atoms with Gasteiger partial charge in [-0.1, -0.05) is 18.2 Å². The Morgan fingerprint density at radius 1 is 1.47 bits per heavy atom. The summed E-state index contributed by atoms with van der Waals surface area (Å²) in [7, 11) is 0. The van der Waals surface area contributed by atoms with E-state index < -0.39 is 12.1 Å². The van der Waals surface area contributed by atoms with Crippen molar-refractivity contribution in [2.24, 2.45) is 0 Å². The zero-order valence-corrected chi connectivity index (χ0v) is 11.2. The largest absolute Gasteiger partial charge is 0.466 e. The van der Waals surface area contributed by atoms with Crippen molar-refractivity contribution in [3.05, 3.63) is 35.6 Å². The third-order valence-corrected chi connectivity index (χ3v) is 2.74. The predicted octanol–water partition coefficient (Wildman–Crippen LogP) is 1.79. The molecule has 0 aromatic heterocycles. The van der Waals surface area contributed by atoms with Gasteiger partial charge < -0.3 is 15.2 Å². The first-order valence-corrected chi connectivity index (χ1v) is 6.36. The molecule has 2 atom stereocenters. The van der Waals surface area contributed by atoms with Crippen molar-refractivity contribution in [3.63, 3.8) is 0 Å². The summed E-state index contributed by atoms with van der Waals surface area (Å²) in [4.78, 5) is 11.2. The molecular weight excluding hydrogens is 249 g/mol. The molecule has 1 aromatic carbocycles. The number of esters is 1. The van der Waals surface area contributed by atoms with E-state index in [9.17, 15) is 14.3 Å². The fourth-order valence-corrected chi connectivity index (χ4v) is 1.73. The van der Waals surface area contributed by atoms with Gasteiger partial charge in [0, 0.05) is 18.2 Å². The highest BCUT2D eigenvalue weighted by Crippen LogP contribution is 2.15. The molecule has 0 heterocycles. The number of halogens is 1. The molecule has 0 aliphatic carbocycles. The normalized spacial score (nSPS) is 13.9. The Balaban J connectivity index is 2.40. The summed E-state index contributed by atoms with van der Waals surface area (Å²) in [5.74, 6) is -0.724. The molecule has 2 unspecified atom stereocenters. The van der Waals surface area contributed by atoms with Gasteiger partial charge in [-0.3, -0.25) is 4.79 Å². The third-order valence-electron chi connectivity index (χ3n) is 2.74. The van der Waals surface area contributed by atoms with Gasteiger partial charge in [0.25, 0.3) is 0 Å². The van der Waals surface area contributed by atoms with Crippen LogP contribution in [0.5, 0.6) is 0 Å². The predicted molar refractivity (Wildman–Crippen MR) is 70.1 cm³/mol. The first-order chi connectivity index (χ1) is 9.04. The standard InChI is InChI=1S/C14H20FNO3/c1-3-19-14(18)8-11(17)9-16-10(2)12-6-4-5-7-13(12)15/h4-7,10-11,16-17H,3,8-9H2,1-2H3. The fraction of sp³-hybridized carbons (Fsp3) is 0.500. The number of ether oxygens (including phenoxy) is 1. The Hall–Kier alpha value is -1.46. The Labute approximate surface area is 112 Å². The topological polar surface area (TPSA) is 58.6 Å². The second kappa shape index (κ2) is 7.86. The zero-order valence-electron chi connectivity index (χ0n) is 11.2. The molecule has 0 radical (unpaired) electrons. The first-order valence-electron chi connectivity index (χ1n) is 6.36. The van der Waals surface area contributed by atoms with Crippen LogP contribution in [-0.4, -0.2) is 30.3 Å². The van der Waals surface area contributed by atoms with Crippen LogP contribution in [-0.2, 0) is 9.53 Å². The van der Waals surface area contributed by atoms with E-state index in [0.717, 1.165) is 0 Å². The van der Waals surface area contributed by atoms with Crippen molar-refractivity contribution in [2.75, 3.05) is 13.2 Å². The Morgan fingerprint density at radius 2 is 2.16 bits per heavy atom. The van der Waals surface area contributed by atoms with Crippen molar-refractivity contribution >= 4 is 5.97 Å². The van der Waals surface area contributed by atoms with Gasteiger partial charge in [-0.2, -0.15) is 0 Å². The second-order valence-corrected chi connectivity index (χ2v) is 4.31. The van der Waals surface area contributed by atoms with Crippen LogP contribution in [0.25, 0.3) is 0 Å². The molecule has 19 heavy (non-hydrogen) atoms. The average Bonchev–Trinajstić information content (AvgIpc) is 2.36. The minimum Gasteiger partial charge on any atom is -0.466 e. The van der Waals surface area contributed by atoms with Gasteiger partial charge in [0.2, 0.25) is 0 Å². The number of rotatable bonds is 7. The molecule has 0 aliphatic heterocycles. The maximum absolute atomic E-state index is 13.5. The lowest BCUT2D eigenvalue weighted by molar-refractivity contribution is -0.145. The maximum atomic E-state index is 13.5. The first kappa shape index (κ1) is 15.6.